The van der Waals surface area contributed by atoms with Gasteiger partial charge in [-0.25, -0.2) is 4.99 Å². The van der Waals surface area contributed by atoms with E-state index in [2.05, 4.69) is 4.99 Å². The quantitative estimate of drug-likeness (QED) is 0.788. The Bertz CT molecular complexity index is 695. The molecular formula is C16H21N4O2+. The molecule has 3 aliphatic rings. The summed E-state index contributed by atoms with van der Waals surface area (Å²) in [5.41, 5.74) is 2.33. The number of nitrogens with zero attached hydrogens (tertiary/aromatic N) is 4. The lowest BCUT2D eigenvalue weighted by molar-refractivity contribution is -0.622. The van der Waals surface area contributed by atoms with E-state index in [1.165, 1.54) is 5.01 Å². The van der Waals surface area contributed by atoms with E-state index >= 15 is 0 Å². The zero-order chi connectivity index (χ0) is 16.0. The highest BCUT2D eigenvalue weighted by Gasteiger charge is 2.52. The summed E-state index contributed by atoms with van der Waals surface area (Å²) in [4.78, 5) is 19.2. The normalized spacial score (nSPS) is 23.5. The van der Waals surface area contributed by atoms with E-state index in [-0.39, 0.29) is 17.8 Å². The molecule has 6 heteroatoms. The number of aliphatic imine (C=N–C) groups is 1. The SMILES string of the molecule is CCCC1=C(O)[N+]2=C3C=C(C)C=CC3N=C(N(C)C)N2C1=O. The van der Waals surface area contributed by atoms with Gasteiger partial charge in [0.25, 0.3) is 5.96 Å². The fraction of sp³-hybridized carbons (Fsp3) is 0.438. The number of hydrogen-bond acceptors (Lipinski definition) is 4. The van der Waals surface area contributed by atoms with Crippen molar-refractivity contribution >= 4 is 17.6 Å². The smallest absolute Gasteiger partial charge is 0.404 e. The van der Waals surface area contributed by atoms with Crippen molar-refractivity contribution in [2.24, 2.45) is 4.99 Å². The molecule has 0 fully saturated rings. The number of rotatable bonds is 2. The molecule has 2 aliphatic heterocycles. The average Bonchev–Trinajstić information content (AvgIpc) is 2.72. The van der Waals surface area contributed by atoms with Crippen molar-refractivity contribution < 1.29 is 14.6 Å². The third-order valence-electron chi connectivity index (χ3n) is 3.93. The van der Waals surface area contributed by atoms with Gasteiger partial charge in [-0.2, -0.15) is 0 Å². The van der Waals surface area contributed by atoms with Crippen LogP contribution in [0, 0.1) is 0 Å². The summed E-state index contributed by atoms with van der Waals surface area (Å²) >= 11 is 0. The monoisotopic (exact) mass is 301 g/mol. The molecule has 0 bridgehead atoms. The third kappa shape index (κ3) is 1.98. The zero-order valence-corrected chi connectivity index (χ0v) is 13.4. The van der Waals surface area contributed by atoms with E-state index in [1.807, 2.05) is 46.2 Å². The van der Waals surface area contributed by atoms with Gasteiger partial charge in [0.1, 0.15) is 5.57 Å². The minimum Gasteiger partial charge on any atom is -0.458 e. The predicted molar refractivity (Wildman–Crippen MR) is 84.5 cm³/mol. The van der Waals surface area contributed by atoms with Gasteiger partial charge in [0, 0.05) is 20.2 Å². The fourth-order valence-corrected chi connectivity index (χ4v) is 2.91. The Morgan fingerprint density at radius 2 is 2.18 bits per heavy atom. The average molecular weight is 301 g/mol. The molecule has 0 aromatic carbocycles. The summed E-state index contributed by atoms with van der Waals surface area (Å²) in [6.45, 7) is 3.98. The van der Waals surface area contributed by atoms with Gasteiger partial charge < -0.3 is 10.0 Å². The van der Waals surface area contributed by atoms with Gasteiger partial charge >= 0.3 is 11.8 Å². The predicted octanol–water partition coefficient (Wildman–Crippen LogP) is 1.58. The maximum Gasteiger partial charge on any atom is 0.404 e. The minimum atomic E-state index is -0.196. The number of hydrazine groups is 1. The highest BCUT2D eigenvalue weighted by Crippen LogP contribution is 2.29. The molecule has 116 valence electrons. The van der Waals surface area contributed by atoms with Gasteiger partial charge in [-0.15, -0.1) is 0 Å². The maximum absolute atomic E-state index is 12.7. The molecule has 6 nitrogen and oxygen atoms in total. The molecule has 1 aliphatic carbocycles. The lowest BCUT2D eigenvalue weighted by Crippen LogP contribution is -2.53. The van der Waals surface area contributed by atoms with Crippen LogP contribution in [-0.4, -0.2) is 57.4 Å². The Morgan fingerprint density at radius 1 is 1.45 bits per heavy atom. The van der Waals surface area contributed by atoms with E-state index in [0.717, 1.165) is 17.7 Å². The van der Waals surface area contributed by atoms with Crippen molar-refractivity contribution in [3.63, 3.8) is 0 Å². The van der Waals surface area contributed by atoms with Gasteiger partial charge in [0.15, 0.2) is 6.04 Å². The molecule has 0 aromatic rings. The first-order valence-electron chi connectivity index (χ1n) is 7.50. The Kier molecular flexibility index (Phi) is 3.39. The number of carbonyl (C=O) groups excluding carboxylic acids is 1. The van der Waals surface area contributed by atoms with Crippen LogP contribution in [0.2, 0.25) is 0 Å². The van der Waals surface area contributed by atoms with Crippen LogP contribution in [0.5, 0.6) is 0 Å². The van der Waals surface area contributed by atoms with E-state index in [0.29, 0.717) is 18.0 Å². The van der Waals surface area contributed by atoms with Crippen LogP contribution in [0.1, 0.15) is 26.7 Å². The van der Waals surface area contributed by atoms with E-state index in [4.69, 9.17) is 0 Å². The van der Waals surface area contributed by atoms with Crippen molar-refractivity contribution in [3.05, 3.63) is 35.3 Å². The maximum atomic E-state index is 12.7. The molecule has 2 heterocycles. The molecule has 0 spiro atoms. The van der Waals surface area contributed by atoms with E-state index < -0.39 is 0 Å². The second-order valence-corrected chi connectivity index (χ2v) is 5.92. The molecule has 1 atom stereocenters. The molecular weight excluding hydrogens is 280 g/mol. The number of fused-ring (bicyclic) bond motifs is 2. The largest absolute Gasteiger partial charge is 0.458 e. The second kappa shape index (κ2) is 5.12. The van der Waals surface area contributed by atoms with Crippen molar-refractivity contribution in [1.29, 1.82) is 0 Å². The molecule has 0 saturated heterocycles. The number of hydrogen-bond donors (Lipinski definition) is 1. The summed E-state index contributed by atoms with van der Waals surface area (Å²) < 4.78 is 1.60. The molecule has 0 saturated carbocycles. The summed E-state index contributed by atoms with van der Waals surface area (Å²) in [5.74, 6) is 0.368. The van der Waals surface area contributed by atoms with Gasteiger partial charge in [-0.1, -0.05) is 19.4 Å². The van der Waals surface area contributed by atoms with Gasteiger partial charge in [0.2, 0.25) is 5.71 Å². The van der Waals surface area contributed by atoms with Crippen LogP contribution >= 0.6 is 0 Å². The number of guanidine groups is 1. The number of allylic oxidation sites excluding steroid dienone is 2. The molecule has 1 unspecified atom stereocenters. The molecule has 0 aromatic heterocycles. The topological polar surface area (TPSA) is 59.2 Å². The first kappa shape index (κ1) is 14.6. The van der Waals surface area contributed by atoms with Crippen LogP contribution in [0.15, 0.2) is 40.2 Å². The van der Waals surface area contributed by atoms with Crippen molar-refractivity contribution in [2.75, 3.05) is 14.1 Å². The van der Waals surface area contributed by atoms with E-state index in [9.17, 15) is 9.90 Å². The summed E-state index contributed by atoms with van der Waals surface area (Å²) in [6.07, 6.45) is 7.31. The highest BCUT2D eigenvalue weighted by molar-refractivity contribution is 6.10. The molecule has 22 heavy (non-hydrogen) atoms. The lowest BCUT2D eigenvalue weighted by Gasteiger charge is -2.27. The fourth-order valence-electron chi connectivity index (χ4n) is 2.91. The minimum absolute atomic E-state index is 0.0282. The van der Waals surface area contributed by atoms with Crippen LogP contribution in [0.4, 0.5) is 0 Å². The van der Waals surface area contributed by atoms with Crippen LogP contribution in [0.25, 0.3) is 0 Å². The van der Waals surface area contributed by atoms with Crippen LogP contribution in [0.3, 0.4) is 0 Å². The Hall–Kier alpha value is -2.37. The number of aliphatic hydroxyl groups excluding tert-OH is 1. The highest BCUT2D eigenvalue weighted by atomic mass is 16.3. The van der Waals surface area contributed by atoms with Gasteiger partial charge in [0.05, 0.1) is 0 Å². The third-order valence-corrected chi connectivity index (χ3v) is 3.93. The van der Waals surface area contributed by atoms with Crippen molar-refractivity contribution in [2.45, 2.75) is 32.7 Å². The zero-order valence-electron chi connectivity index (χ0n) is 13.4. The molecule has 1 amide bonds. The second-order valence-electron chi connectivity index (χ2n) is 5.92. The van der Waals surface area contributed by atoms with Gasteiger partial charge in [-0.05, 0) is 34.7 Å². The van der Waals surface area contributed by atoms with Gasteiger partial charge in [-0.3, -0.25) is 4.79 Å². The Morgan fingerprint density at radius 3 is 2.82 bits per heavy atom. The number of amides is 1. The Balaban J connectivity index is 2.20. The molecule has 1 N–H and O–H groups in total. The summed E-state index contributed by atoms with van der Waals surface area (Å²) in [7, 11) is 3.69. The first-order chi connectivity index (χ1) is 10.5. The number of aliphatic hydroxyl groups is 1. The van der Waals surface area contributed by atoms with E-state index in [1.54, 1.807) is 9.58 Å². The molecule has 0 radical (unpaired) electrons. The van der Waals surface area contributed by atoms with Crippen LogP contribution < -0.4 is 0 Å². The van der Waals surface area contributed by atoms with Crippen molar-refractivity contribution in [3.8, 4) is 0 Å². The van der Waals surface area contributed by atoms with Crippen LogP contribution in [-0.2, 0) is 4.79 Å². The Labute approximate surface area is 130 Å². The number of carbonyl (C=O) groups is 1. The first-order valence-corrected chi connectivity index (χ1v) is 7.50. The summed E-state index contributed by atoms with van der Waals surface area (Å²) in [5, 5.41) is 12.1. The summed E-state index contributed by atoms with van der Waals surface area (Å²) in [6, 6.07) is -0.187. The lowest BCUT2D eigenvalue weighted by atomic mass is 10.0. The molecule has 3 rings (SSSR count). The van der Waals surface area contributed by atoms with Crippen molar-refractivity contribution in [1.82, 2.24) is 9.91 Å². The number of hydrazone groups is 1. The standard InChI is InChI=1S/C16H20N4O2/c1-5-6-11-14(21)19-13-9-10(2)7-8-12(13)17-16(18(3)4)20(19)15(11)22/h7-9,12H,5-6H2,1-4H3/p+1.